The molecule has 0 radical (unpaired) electrons. The highest BCUT2D eigenvalue weighted by Crippen LogP contribution is 2.46. The van der Waals surface area contributed by atoms with Crippen molar-refractivity contribution in [2.24, 2.45) is 0 Å². The largest absolute Gasteiger partial charge is 0.490 e. The first-order valence-corrected chi connectivity index (χ1v) is 3.82. The number of para-hydroxylation sites is 1. The smallest absolute Gasteiger partial charge is 0.125 e. The highest BCUT2D eigenvalue weighted by atomic mass is 16.6. The highest BCUT2D eigenvalue weighted by Gasteiger charge is 2.45. The molecule has 3 rings (SSSR count). The molecule has 2 atom stereocenters. The van der Waals surface area contributed by atoms with Crippen LogP contribution in [0.25, 0.3) is 0 Å². The number of benzene rings is 1. The normalized spacial score (nSPS) is 31.6. The summed E-state index contributed by atoms with van der Waals surface area (Å²) in [5.74, 6) is 0.992. The third kappa shape index (κ3) is 0.701. The summed E-state index contributed by atoms with van der Waals surface area (Å²) in [6.45, 7) is 0.724. The summed E-state index contributed by atoms with van der Waals surface area (Å²) in [6.07, 6.45) is 0.671. The van der Waals surface area contributed by atoms with E-state index in [1.165, 1.54) is 5.56 Å². The molecule has 56 valence electrons. The van der Waals surface area contributed by atoms with E-state index in [1.807, 2.05) is 18.2 Å². The Hall–Kier alpha value is -1.02. The first kappa shape index (κ1) is 5.61. The molecule has 1 aromatic carbocycles. The van der Waals surface area contributed by atoms with Gasteiger partial charge in [0.1, 0.15) is 24.6 Å². The van der Waals surface area contributed by atoms with Crippen LogP contribution in [0.15, 0.2) is 24.3 Å². The predicted molar refractivity (Wildman–Crippen MR) is 39.6 cm³/mol. The summed E-state index contributed by atoms with van der Waals surface area (Å²) in [7, 11) is 0. The Bertz CT molecular complexity index is 295. The molecule has 0 aromatic heterocycles. The van der Waals surface area contributed by atoms with Crippen LogP contribution in [0.5, 0.6) is 5.75 Å². The first-order chi connectivity index (χ1) is 5.45. The van der Waals surface area contributed by atoms with Crippen LogP contribution in [-0.4, -0.2) is 12.7 Å². The molecule has 2 heteroatoms. The lowest BCUT2D eigenvalue weighted by Gasteiger charge is -2.12. The maximum absolute atomic E-state index is 5.45. The van der Waals surface area contributed by atoms with E-state index in [-0.39, 0.29) is 0 Å². The third-order valence-corrected chi connectivity index (χ3v) is 2.21. The van der Waals surface area contributed by atoms with Gasteiger partial charge < -0.3 is 9.47 Å². The molecule has 0 amide bonds. The van der Waals surface area contributed by atoms with Gasteiger partial charge in [0.2, 0.25) is 0 Å². The molecular formula is C9H8O2. The second kappa shape index (κ2) is 1.77. The van der Waals surface area contributed by atoms with Gasteiger partial charge in [-0.2, -0.15) is 0 Å². The van der Waals surface area contributed by atoms with Gasteiger partial charge >= 0.3 is 0 Å². The Morgan fingerprint density at radius 1 is 1.27 bits per heavy atom. The lowest BCUT2D eigenvalue weighted by Crippen LogP contribution is -2.11. The summed E-state index contributed by atoms with van der Waals surface area (Å²) >= 11 is 0. The number of fused-ring (bicyclic) bond motifs is 3. The minimum absolute atomic E-state index is 0.333. The molecule has 1 fully saturated rings. The van der Waals surface area contributed by atoms with E-state index in [1.54, 1.807) is 0 Å². The molecule has 2 heterocycles. The molecule has 0 aliphatic carbocycles. The molecule has 2 aliphatic rings. The Morgan fingerprint density at radius 3 is 3.18 bits per heavy atom. The van der Waals surface area contributed by atoms with Gasteiger partial charge in [0, 0.05) is 5.56 Å². The summed E-state index contributed by atoms with van der Waals surface area (Å²) in [4.78, 5) is 0. The predicted octanol–water partition coefficient (Wildman–Crippen LogP) is 1.52. The SMILES string of the molecule is c1ccc2c(c1)OC[C@@H]1O[C@H]21. The molecule has 1 saturated heterocycles. The number of rotatable bonds is 0. The summed E-state index contributed by atoms with van der Waals surface area (Å²) in [6, 6.07) is 8.07. The van der Waals surface area contributed by atoms with Crippen LogP contribution in [0.1, 0.15) is 11.7 Å². The molecule has 2 nitrogen and oxygen atoms in total. The molecule has 2 aliphatic heterocycles. The molecule has 0 unspecified atom stereocenters. The van der Waals surface area contributed by atoms with Gasteiger partial charge in [-0.05, 0) is 6.07 Å². The topological polar surface area (TPSA) is 21.8 Å². The lowest BCUT2D eigenvalue weighted by atomic mass is 10.1. The Balaban J connectivity index is 2.14. The average Bonchev–Trinajstić information content (AvgIpc) is 2.83. The quantitative estimate of drug-likeness (QED) is 0.520. The fraction of sp³-hybridized carbons (Fsp3) is 0.333. The minimum atomic E-state index is 0.333. The zero-order chi connectivity index (χ0) is 7.26. The van der Waals surface area contributed by atoms with Crippen molar-refractivity contribution in [3.63, 3.8) is 0 Å². The molecule has 11 heavy (non-hydrogen) atoms. The van der Waals surface area contributed by atoms with Gasteiger partial charge in [-0.3, -0.25) is 0 Å². The van der Waals surface area contributed by atoms with E-state index >= 15 is 0 Å². The molecule has 0 spiro atoms. The standard InChI is InChI=1S/C9H8O2/c1-2-4-7-6(3-1)9-8(11-9)5-10-7/h1-4,8-9H,5H2/t8-,9+/m0/s1. The Labute approximate surface area is 64.7 Å². The number of hydrogen-bond acceptors (Lipinski definition) is 2. The van der Waals surface area contributed by atoms with Crippen molar-refractivity contribution >= 4 is 0 Å². The second-order valence-electron chi connectivity index (χ2n) is 2.94. The molecule has 1 aromatic rings. The van der Waals surface area contributed by atoms with Crippen molar-refractivity contribution in [1.82, 2.24) is 0 Å². The molecular weight excluding hydrogens is 140 g/mol. The van der Waals surface area contributed by atoms with Crippen LogP contribution in [0.2, 0.25) is 0 Å². The van der Waals surface area contributed by atoms with Gasteiger partial charge in [0.05, 0.1) is 0 Å². The third-order valence-electron chi connectivity index (χ3n) is 2.21. The fourth-order valence-corrected chi connectivity index (χ4v) is 1.56. The van der Waals surface area contributed by atoms with Crippen molar-refractivity contribution in [1.29, 1.82) is 0 Å². The molecule has 0 bridgehead atoms. The number of epoxide rings is 1. The van der Waals surface area contributed by atoms with Crippen LogP contribution in [0.4, 0.5) is 0 Å². The van der Waals surface area contributed by atoms with Crippen LogP contribution < -0.4 is 4.74 Å². The van der Waals surface area contributed by atoms with E-state index in [4.69, 9.17) is 9.47 Å². The van der Waals surface area contributed by atoms with Crippen LogP contribution in [0, 0.1) is 0 Å². The van der Waals surface area contributed by atoms with Crippen LogP contribution in [-0.2, 0) is 4.74 Å². The minimum Gasteiger partial charge on any atom is -0.490 e. The van der Waals surface area contributed by atoms with E-state index in [0.717, 1.165) is 12.4 Å². The summed E-state index contributed by atoms with van der Waals surface area (Å²) in [5, 5.41) is 0. The van der Waals surface area contributed by atoms with Gasteiger partial charge in [0.15, 0.2) is 0 Å². The van der Waals surface area contributed by atoms with Crippen molar-refractivity contribution < 1.29 is 9.47 Å². The van der Waals surface area contributed by atoms with Gasteiger partial charge in [-0.25, -0.2) is 0 Å². The Kier molecular flexibility index (Phi) is 0.902. The average molecular weight is 148 g/mol. The van der Waals surface area contributed by atoms with Gasteiger partial charge in [-0.1, -0.05) is 18.2 Å². The van der Waals surface area contributed by atoms with Crippen LogP contribution >= 0.6 is 0 Å². The van der Waals surface area contributed by atoms with E-state index < -0.39 is 0 Å². The van der Waals surface area contributed by atoms with Gasteiger partial charge in [-0.15, -0.1) is 0 Å². The second-order valence-corrected chi connectivity index (χ2v) is 2.94. The molecule has 0 saturated carbocycles. The van der Waals surface area contributed by atoms with Crippen molar-refractivity contribution in [2.45, 2.75) is 12.2 Å². The Morgan fingerprint density at radius 2 is 2.18 bits per heavy atom. The van der Waals surface area contributed by atoms with Crippen LogP contribution in [0.3, 0.4) is 0 Å². The number of hydrogen-bond donors (Lipinski definition) is 0. The van der Waals surface area contributed by atoms with E-state index in [2.05, 4.69) is 6.07 Å². The zero-order valence-electron chi connectivity index (χ0n) is 5.99. The maximum Gasteiger partial charge on any atom is 0.125 e. The fourth-order valence-electron chi connectivity index (χ4n) is 1.56. The highest BCUT2D eigenvalue weighted by molar-refractivity contribution is 5.39. The zero-order valence-corrected chi connectivity index (χ0v) is 5.99. The summed E-state index contributed by atoms with van der Waals surface area (Å²) in [5.41, 5.74) is 1.21. The summed E-state index contributed by atoms with van der Waals surface area (Å²) < 4.78 is 10.8. The van der Waals surface area contributed by atoms with Crippen molar-refractivity contribution in [2.75, 3.05) is 6.61 Å². The van der Waals surface area contributed by atoms with Crippen molar-refractivity contribution in [3.05, 3.63) is 29.8 Å². The monoisotopic (exact) mass is 148 g/mol. The van der Waals surface area contributed by atoms with Gasteiger partial charge in [0.25, 0.3) is 0 Å². The maximum atomic E-state index is 5.45. The number of ether oxygens (including phenoxy) is 2. The van der Waals surface area contributed by atoms with E-state index in [0.29, 0.717) is 12.2 Å². The van der Waals surface area contributed by atoms with Crippen molar-refractivity contribution in [3.8, 4) is 5.75 Å². The lowest BCUT2D eigenvalue weighted by molar-refractivity contribution is 0.267. The first-order valence-electron chi connectivity index (χ1n) is 3.82. The molecule has 0 N–H and O–H groups in total. The van der Waals surface area contributed by atoms with E-state index in [9.17, 15) is 0 Å².